The lowest BCUT2D eigenvalue weighted by molar-refractivity contribution is 1.18. The number of rotatable bonds is 3. The molecule has 0 unspecified atom stereocenters. The summed E-state index contributed by atoms with van der Waals surface area (Å²) >= 11 is 1.88. The highest BCUT2D eigenvalue weighted by atomic mass is 32.2. The third-order valence-electron chi connectivity index (χ3n) is 9.55. The van der Waals surface area contributed by atoms with Gasteiger partial charge in [-0.3, -0.25) is 0 Å². The zero-order valence-electron chi connectivity index (χ0n) is 24.9. The molecule has 214 valence electrons. The first-order valence-electron chi connectivity index (χ1n) is 15.8. The van der Waals surface area contributed by atoms with Crippen molar-refractivity contribution >= 4 is 55.1 Å². The fraction of sp³-hybridized carbons (Fsp3) is 0. The van der Waals surface area contributed by atoms with Crippen LogP contribution in [0.4, 0.5) is 0 Å². The zero-order chi connectivity index (χ0) is 30.2. The van der Waals surface area contributed by atoms with Gasteiger partial charge in [0.2, 0.25) is 0 Å². The third-order valence-corrected chi connectivity index (χ3v) is 10.7. The van der Waals surface area contributed by atoms with Crippen molar-refractivity contribution in [2.24, 2.45) is 0 Å². The van der Waals surface area contributed by atoms with Gasteiger partial charge in [-0.15, -0.1) is 0 Å². The van der Waals surface area contributed by atoms with Crippen molar-refractivity contribution in [2.45, 2.75) is 9.79 Å². The lowest BCUT2D eigenvalue weighted by Gasteiger charge is -2.21. The van der Waals surface area contributed by atoms with Crippen LogP contribution in [0.5, 0.6) is 0 Å². The highest BCUT2D eigenvalue weighted by molar-refractivity contribution is 7.99. The highest BCUT2D eigenvalue weighted by Crippen LogP contribution is 2.49. The summed E-state index contributed by atoms with van der Waals surface area (Å²) in [5.74, 6) is 0. The van der Waals surface area contributed by atoms with E-state index in [0.717, 1.165) is 0 Å². The lowest BCUT2D eigenvalue weighted by Crippen LogP contribution is -1.94. The van der Waals surface area contributed by atoms with Gasteiger partial charge in [0.25, 0.3) is 0 Å². The Labute approximate surface area is 271 Å². The van der Waals surface area contributed by atoms with Crippen LogP contribution in [0.15, 0.2) is 174 Å². The minimum atomic E-state index is 1.17. The Hall–Kier alpha value is -5.57. The molecule has 1 nitrogen and oxygen atoms in total. The van der Waals surface area contributed by atoms with Gasteiger partial charge in [-0.1, -0.05) is 127 Å². The van der Waals surface area contributed by atoms with E-state index < -0.39 is 0 Å². The molecular weight excluding hydrogens is 575 g/mol. The molecular formula is C44H27NS. The average Bonchev–Trinajstić information content (AvgIpc) is 3.43. The topological polar surface area (TPSA) is 4.93 Å². The highest BCUT2D eigenvalue weighted by Gasteiger charge is 2.21. The monoisotopic (exact) mass is 601 g/mol. The number of hydrogen-bond donors (Lipinski definition) is 0. The van der Waals surface area contributed by atoms with Crippen LogP contribution in [0.2, 0.25) is 0 Å². The Morgan fingerprint density at radius 3 is 2.00 bits per heavy atom. The number of fused-ring (bicyclic) bond motifs is 6. The third kappa shape index (κ3) is 3.84. The van der Waals surface area contributed by atoms with E-state index in [2.05, 4.69) is 168 Å². The molecule has 46 heavy (non-hydrogen) atoms. The molecule has 0 bridgehead atoms. The predicted molar refractivity (Wildman–Crippen MR) is 196 cm³/mol. The average molecular weight is 602 g/mol. The summed E-state index contributed by atoms with van der Waals surface area (Å²) in [6, 6.07) is 60.3. The van der Waals surface area contributed by atoms with Crippen LogP contribution in [0.1, 0.15) is 0 Å². The van der Waals surface area contributed by atoms with Crippen LogP contribution in [0, 0.1) is 0 Å². The second kappa shape index (κ2) is 9.97. The van der Waals surface area contributed by atoms with Crippen LogP contribution in [0.3, 0.4) is 0 Å². The van der Waals surface area contributed by atoms with Crippen molar-refractivity contribution in [2.75, 3.05) is 0 Å². The Bertz CT molecular complexity index is 2660. The largest absolute Gasteiger partial charge is 0.309 e. The molecule has 0 radical (unpaired) electrons. The summed E-state index contributed by atoms with van der Waals surface area (Å²) in [5.41, 5.74) is 11.2. The van der Waals surface area contributed by atoms with E-state index in [9.17, 15) is 0 Å². The number of hydrogen-bond acceptors (Lipinski definition) is 1. The zero-order valence-corrected chi connectivity index (χ0v) is 25.8. The van der Waals surface area contributed by atoms with Crippen LogP contribution in [0.25, 0.3) is 82.4 Å². The maximum atomic E-state index is 2.42. The van der Waals surface area contributed by atoms with Gasteiger partial charge >= 0.3 is 0 Å². The molecule has 0 atom stereocenters. The van der Waals surface area contributed by atoms with Crippen molar-refractivity contribution in [1.82, 2.24) is 4.57 Å². The van der Waals surface area contributed by atoms with Gasteiger partial charge in [-0.05, 0) is 98.1 Å². The van der Waals surface area contributed by atoms with Gasteiger partial charge < -0.3 is 4.57 Å². The Kier molecular flexibility index (Phi) is 5.58. The number of benzene rings is 8. The first kappa shape index (κ1) is 25.7. The summed E-state index contributed by atoms with van der Waals surface area (Å²) in [6.45, 7) is 0. The van der Waals surface area contributed by atoms with Crippen LogP contribution < -0.4 is 0 Å². The molecule has 0 N–H and O–H groups in total. The molecule has 8 aromatic carbocycles. The molecule has 0 saturated carbocycles. The molecule has 1 aliphatic rings. The first-order valence-corrected chi connectivity index (χ1v) is 16.6. The molecule has 1 aliphatic heterocycles. The maximum Gasteiger partial charge on any atom is 0.0547 e. The van der Waals surface area contributed by atoms with Crippen molar-refractivity contribution in [3.63, 3.8) is 0 Å². The molecule has 2 heterocycles. The van der Waals surface area contributed by atoms with E-state index in [1.54, 1.807) is 0 Å². The normalized spacial score (nSPS) is 12.3. The second-order valence-corrected chi connectivity index (χ2v) is 13.2. The molecule has 0 fully saturated rings. The second-order valence-electron chi connectivity index (χ2n) is 12.1. The summed E-state index contributed by atoms with van der Waals surface area (Å²) in [7, 11) is 0. The minimum absolute atomic E-state index is 1.17. The Morgan fingerprint density at radius 1 is 0.370 bits per heavy atom. The van der Waals surface area contributed by atoms with E-state index >= 15 is 0 Å². The number of para-hydroxylation sites is 1. The molecule has 0 saturated heterocycles. The standard InChI is InChI=1S/C44H27NS/c1-2-14-33(15-3-1)45-40-27-31(20-21-35(40)39-25-29-10-4-5-11-30(29)26-41(39)45)28-12-8-13-32(24-28)34-22-23-43-44-37(34)17-9-18-38(44)36-16-6-7-19-42(36)46-43/h1-27H. The summed E-state index contributed by atoms with van der Waals surface area (Å²) in [6.07, 6.45) is 0. The SMILES string of the molecule is c1ccc(-n2c3cc(-c4cccc(-c5ccc6c7c(cccc57)-c5ccccc5S6)c4)ccc3c3cc4ccccc4cc32)cc1. The van der Waals surface area contributed by atoms with E-state index in [-0.39, 0.29) is 0 Å². The fourth-order valence-electron chi connectivity index (χ4n) is 7.44. The van der Waals surface area contributed by atoms with Crippen molar-refractivity contribution in [3.8, 4) is 39.1 Å². The fourth-order valence-corrected chi connectivity index (χ4v) is 8.57. The van der Waals surface area contributed by atoms with Crippen LogP contribution in [-0.4, -0.2) is 4.57 Å². The summed E-state index contributed by atoms with van der Waals surface area (Å²) in [4.78, 5) is 2.66. The molecule has 2 heteroatoms. The van der Waals surface area contributed by atoms with Crippen LogP contribution >= 0.6 is 11.8 Å². The molecule has 0 spiro atoms. The molecule has 0 amide bonds. The molecule has 9 aromatic rings. The summed E-state index contributed by atoms with van der Waals surface area (Å²) < 4.78 is 2.42. The van der Waals surface area contributed by atoms with E-state index in [1.165, 1.54) is 92.2 Å². The minimum Gasteiger partial charge on any atom is -0.309 e. The first-order chi connectivity index (χ1) is 22.8. The van der Waals surface area contributed by atoms with Crippen molar-refractivity contribution < 1.29 is 0 Å². The van der Waals surface area contributed by atoms with Crippen molar-refractivity contribution in [3.05, 3.63) is 164 Å². The lowest BCUT2D eigenvalue weighted by atomic mass is 9.91. The van der Waals surface area contributed by atoms with Gasteiger partial charge in [0.05, 0.1) is 11.0 Å². The van der Waals surface area contributed by atoms with Crippen molar-refractivity contribution in [1.29, 1.82) is 0 Å². The maximum absolute atomic E-state index is 2.42. The van der Waals surface area contributed by atoms with E-state index in [4.69, 9.17) is 0 Å². The van der Waals surface area contributed by atoms with Gasteiger partial charge in [0.15, 0.2) is 0 Å². The quantitative estimate of drug-likeness (QED) is 0.195. The Balaban J connectivity index is 1.16. The van der Waals surface area contributed by atoms with Gasteiger partial charge in [0.1, 0.15) is 0 Å². The van der Waals surface area contributed by atoms with Gasteiger partial charge in [-0.25, -0.2) is 0 Å². The molecule has 1 aromatic heterocycles. The number of nitrogens with zero attached hydrogens (tertiary/aromatic N) is 1. The van der Waals surface area contributed by atoms with Gasteiger partial charge in [0, 0.05) is 31.6 Å². The van der Waals surface area contributed by atoms with Gasteiger partial charge in [-0.2, -0.15) is 0 Å². The number of aromatic nitrogens is 1. The van der Waals surface area contributed by atoms with E-state index in [0.29, 0.717) is 0 Å². The Morgan fingerprint density at radius 2 is 1.09 bits per heavy atom. The smallest absolute Gasteiger partial charge is 0.0547 e. The molecule has 10 rings (SSSR count). The van der Waals surface area contributed by atoms with Crippen LogP contribution in [-0.2, 0) is 0 Å². The summed E-state index contributed by atoms with van der Waals surface area (Å²) in [5, 5.41) is 7.73. The molecule has 0 aliphatic carbocycles. The van der Waals surface area contributed by atoms with E-state index in [1.807, 2.05) is 11.8 Å². The predicted octanol–water partition coefficient (Wildman–Crippen LogP) is 12.6.